The SMILES string of the molecule is N#CC1=C2SCN(c3ccccc3)CN2C(=O)C[C@H]1c1ccccc1. The maximum atomic E-state index is 12.8. The first kappa shape index (κ1) is 15.8. The predicted octanol–water partition coefficient (Wildman–Crippen LogP) is 3.91. The molecule has 1 fully saturated rings. The Balaban J connectivity index is 1.68. The summed E-state index contributed by atoms with van der Waals surface area (Å²) in [5.74, 6) is 0.673. The lowest BCUT2D eigenvalue weighted by Gasteiger charge is -2.42. The molecule has 5 heteroatoms. The average Bonchev–Trinajstić information content (AvgIpc) is 2.69. The molecule has 2 heterocycles. The minimum Gasteiger partial charge on any atom is -0.344 e. The van der Waals surface area contributed by atoms with E-state index in [0.717, 1.165) is 22.2 Å². The number of carbonyl (C=O) groups excluding carboxylic acids is 1. The van der Waals surface area contributed by atoms with Crippen molar-refractivity contribution in [1.29, 1.82) is 5.26 Å². The van der Waals surface area contributed by atoms with E-state index in [0.29, 0.717) is 18.7 Å². The quantitative estimate of drug-likeness (QED) is 0.826. The van der Waals surface area contributed by atoms with Gasteiger partial charge < -0.3 is 4.90 Å². The highest BCUT2D eigenvalue weighted by molar-refractivity contribution is 8.03. The molecule has 2 aliphatic rings. The number of carbonyl (C=O) groups is 1. The van der Waals surface area contributed by atoms with Crippen molar-refractivity contribution in [3.8, 4) is 6.07 Å². The first-order valence-electron chi connectivity index (χ1n) is 8.20. The molecule has 1 amide bonds. The van der Waals surface area contributed by atoms with Crippen molar-refractivity contribution in [3.05, 3.63) is 76.8 Å². The summed E-state index contributed by atoms with van der Waals surface area (Å²) >= 11 is 1.57. The lowest BCUT2D eigenvalue weighted by Crippen LogP contribution is -2.47. The van der Waals surface area contributed by atoms with Gasteiger partial charge in [0, 0.05) is 18.0 Å². The Labute approximate surface area is 151 Å². The molecule has 4 nitrogen and oxygen atoms in total. The number of para-hydroxylation sites is 1. The van der Waals surface area contributed by atoms with Crippen molar-refractivity contribution in [2.24, 2.45) is 0 Å². The summed E-state index contributed by atoms with van der Waals surface area (Å²) in [5, 5.41) is 10.6. The number of hydrogen-bond acceptors (Lipinski definition) is 4. The summed E-state index contributed by atoms with van der Waals surface area (Å²) in [5.41, 5.74) is 2.83. The number of rotatable bonds is 2. The van der Waals surface area contributed by atoms with Crippen molar-refractivity contribution in [1.82, 2.24) is 4.90 Å². The van der Waals surface area contributed by atoms with Gasteiger partial charge in [0.2, 0.25) is 5.91 Å². The van der Waals surface area contributed by atoms with Gasteiger partial charge in [0.1, 0.15) is 0 Å². The van der Waals surface area contributed by atoms with Crippen LogP contribution < -0.4 is 4.90 Å². The Bertz CT molecular complexity index is 858. The van der Waals surface area contributed by atoms with Crippen LogP contribution in [0.15, 0.2) is 71.3 Å². The molecule has 1 atom stereocenters. The molecule has 0 radical (unpaired) electrons. The van der Waals surface area contributed by atoms with E-state index in [9.17, 15) is 10.1 Å². The summed E-state index contributed by atoms with van der Waals surface area (Å²) in [6, 6.07) is 22.3. The van der Waals surface area contributed by atoms with Gasteiger partial charge in [0.05, 0.1) is 29.2 Å². The average molecular weight is 347 g/mol. The van der Waals surface area contributed by atoms with E-state index < -0.39 is 0 Å². The van der Waals surface area contributed by atoms with Gasteiger partial charge in [-0.3, -0.25) is 9.69 Å². The lowest BCUT2D eigenvalue weighted by atomic mass is 9.86. The number of anilines is 1. The second-order valence-electron chi connectivity index (χ2n) is 6.11. The minimum absolute atomic E-state index is 0.0796. The molecule has 0 N–H and O–H groups in total. The van der Waals surface area contributed by atoms with E-state index in [1.807, 2.05) is 60.7 Å². The van der Waals surface area contributed by atoms with Gasteiger partial charge in [-0.25, -0.2) is 0 Å². The topological polar surface area (TPSA) is 47.3 Å². The van der Waals surface area contributed by atoms with Gasteiger partial charge in [-0.2, -0.15) is 5.26 Å². The molecule has 0 unspecified atom stereocenters. The monoisotopic (exact) mass is 347 g/mol. The molecule has 2 aliphatic heterocycles. The summed E-state index contributed by atoms with van der Waals surface area (Å²) in [6.07, 6.45) is 0.347. The van der Waals surface area contributed by atoms with Crippen molar-refractivity contribution in [2.75, 3.05) is 17.4 Å². The van der Waals surface area contributed by atoms with Crippen LogP contribution in [0.3, 0.4) is 0 Å². The molecule has 124 valence electrons. The minimum atomic E-state index is -0.138. The largest absolute Gasteiger partial charge is 0.344 e. The maximum Gasteiger partial charge on any atom is 0.229 e. The summed E-state index contributed by atoms with van der Waals surface area (Å²) in [4.78, 5) is 16.7. The molecule has 0 aromatic heterocycles. The van der Waals surface area contributed by atoms with E-state index >= 15 is 0 Å². The second-order valence-corrected chi connectivity index (χ2v) is 7.04. The van der Waals surface area contributed by atoms with Crippen LogP contribution in [0.5, 0.6) is 0 Å². The van der Waals surface area contributed by atoms with E-state index in [1.165, 1.54) is 0 Å². The molecule has 4 rings (SSSR count). The van der Waals surface area contributed by atoms with E-state index in [-0.39, 0.29) is 11.8 Å². The molecular weight excluding hydrogens is 330 g/mol. The summed E-state index contributed by atoms with van der Waals surface area (Å²) in [6.45, 7) is 0.498. The van der Waals surface area contributed by atoms with Gasteiger partial charge in [-0.05, 0) is 17.7 Å². The zero-order valence-electron chi connectivity index (χ0n) is 13.6. The third-order valence-electron chi connectivity index (χ3n) is 4.62. The fourth-order valence-electron chi connectivity index (χ4n) is 3.33. The van der Waals surface area contributed by atoms with Gasteiger partial charge in [-0.1, -0.05) is 60.3 Å². The molecule has 0 spiro atoms. The van der Waals surface area contributed by atoms with Crippen molar-refractivity contribution < 1.29 is 4.79 Å². The smallest absolute Gasteiger partial charge is 0.229 e. The standard InChI is InChI=1S/C20H17N3OS/c21-12-18-17(15-7-3-1-4-8-15)11-19(24)23-13-22(14-25-20(18)23)16-9-5-2-6-10-16/h1-10,17H,11,13-14H2/t17-/m0/s1. The van der Waals surface area contributed by atoms with Crippen molar-refractivity contribution in [2.45, 2.75) is 12.3 Å². The summed E-state index contributed by atoms with van der Waals surface area (Å²) in [7, 11) is 0. The first-order chi connectivity index (χ1) is 12.3. The Hall–Kier alpha value is -2.71. The molecule has 0 saturated carbocycles. The number of nitriles is 1. The molecule has 0 aliphatic carbocycles. The molecule has 0 bridgehead atoms. The molecule has 1 saturated heterocycles. The molecular formula is C20H17N3OS. The van der Waals surface area contributed by atoms with E-state index in [1.54, 1.807) is 16.7 Å². The highest BCUT2D eigenvalue weighted by Crippen LogP contribution is 2.43. The Morgan fingerprint density at radius 1 is 1.04 bits per heavy atom. The molecule has 2 aromatic carbocycles. The third-order valence-corrected chi connectivity index (χ3v) is 5.77. The lowest BCUT2D eigenvalue weighted by molar-refractivity contribution is -0.129. The van der Waals surface area contributed by atoms with Gasteiger partial charge in [0.15, 0.2) is 0 Å². The normalized spacial score (nSPS) is 20.3. The number of benzene rings is 2. The summed E-state index contributed by atoms with van der Waals surface area (Å²) < 4.78 is 0. The van der Waals surface area contributed by atoms with Crippen LogP contribution in [0.2, 0.25) is 0 Å². The van der Waals surface area contributed by atoms with E-state index in [2.05, 4.69) is 11.0 Å². The fourth-order valence-corrected chi connectivity index (χ4v) is 4.50. The highest BCUT2D eigenvalue weighted by atomic mass is 32.2. The van der Waals surface area contributed by atoms with Gasteiger partial charge in [-0.15, -0.1) is 0 Å². The maximum absolute atomic E-state index is 12.8. The number of fused-ring (bicyclic) bond motifs is 1. The van der Waals surface area contributed by atoms with E-state index in [4.69, 9.17) is 0 Å². The Morgan fingerprint density at radius 3 is 2.40 bits per heavy atom. The molecule has 2 aromatic rings. The van der Waals surface area contributed by atoms with Gasteiger partial charge >= 0.3 is 0 Å². The highest BCUT2D eigenvalue weighted by Gasteiger charge is 2.38. The Morgan fingerprint density at radius 2 is 1.72 bits per heavy atom. The van der Waals surface area contributed by atoms with Gasteiger partial charge in [0.25, 0.3) is 0 Å². The van der Waals surface area contributed by atoms with Crippen molar-refractivity contribution in [3.63, 3.8) is 0 Å². The zero-order chi connectivity index (χ0) is 17.2. The van der Waals surface area contributed by atoms with Crippen LogP contribution in [-0.4, -0.2) is 23.4 Å². The third kappa shape index (κ3) is 2.90. The van der Waals surface area contributed by atoms with Crippen LogP contribution in [0.1, 0.15) is 17.9 Å². The first-order valence-corrected chi connectivity index (χ1v) is 9.19. The second kappa shape index (κ2) is 6.66. The predicted molar refractivity (Wildman–Crippen MR) is 99.5 cm³/mol. The van der Waals surface area contributed by atoms with Crippen LogP contribution in [0.25, 0.3) is 0 Å². The van der Waals surface area contributed by atoms with Crippen LogP contribution in [0, 0.1) is 11.3 Å². The zero-order valence-corrected chi connectivity index (χ0v) is 14.4. The number of hydrogen-bond donors (Lipinski definition) is 0. The number of amides is 1. The number of thioether (sulfide) groups is 1. The number of nitrogens with zero attached hydrogens (tertiary/aromatic N) is 3. The number of allylic oxidation sites excluding steroid dienone is 1. The van der Waals surface area contributed by atoms with Crippen LogP contribution in [0.4, 0.5) is 5.69 Å². The van der Waals surface area contributed by atoms with Crippen molar-refractivity contribution >= 4 is 23.4 Å². The van der Waals surface area contributed by atoms with Crippen LogP contribution >= 0.6 is 11.8 Å². The fraction of sp³-hybridized carbons (Fsp3) is 0.200. The Kier molecular flexibility index (Phi) is 4.21. The van der Waals surface area contributed by atoms with Crippen LogP contribution in [-0.2, 0) is 4.79 Å². The molecule has 25 heavy (non-hydrogen) atoms.